The summed E-state index contributed by atoms with van der Waals surface area (Å²) in [5.74, 6) is -1.63. The zero-order chi connectivity index (χ0) is 19.1. The average molecular weight is 356 g/mol. The standard InChI is InChI=1S/C15H16N2O.C4H4O4/c1-18-13-5-4-11-2-3-12-6-8-17(9-7-16)15(12)14(11)10-13;5-3(6)1-2-4(7)8/h2-6,8,10H,7,9,16H2,1H3;1-2H,(H,5,6)(H,7,8). The largest absolute Gasteiger partial charge is 0.497 e. The van der Waals surface area contributed by atoms with Crippen LogP contribution in [0.2, 0.25) is 0 Å². The molecule has 0 radical (unpaired) electrons. The van der Waals surface area contributed by atoms with Gasteiger partial charge < -0.3 is 25.3 Å². The first-order valence-corrected chi connectivity index (χ1v) is 7.86. The van der Waals surface area contributed by atoms with Crippen LogP contribution >= 0.6 is 0 Å². The van der Waals surface area contributed by atoms with Crippen molar-refractivity contribution in [3.63, 3.8) is 0 Å². The Morgan fingerprint density at radius 2 is 1.69 bits per heavy atom. The Morgan fingerprint density at radius 3 is 2.27 bits per heavy atom. The molecule has 3 aromatic rings. The van der Waals surface area contributed by atoms with Gasteiger partial charge in [0.1, 0.15) is 5.75 Å². The van der Waals surface area contributed by atoms with Gasteiger partial charge >= 0.3 is 11.9 Å². The van der Waals surface area contributed by atoms with Gasteiger partial charge in [-0.05, 0) is 23.6 Å². The molecule has 0 aliphatic heterocycles. The van der Waals surface area contributed by atoms with E-state index in [1.165, 1.54) is 21.7 Å². The molecule has 26 heavy (non-hydrogen) atoms. The predicted molar refractivity (Wildman–Crippen MR) is 99.5 cm³/mol. The second kappa shape index (κ2) is 8.68. The van der Waals surface area contributed by atoms with Crippen molar-refractivity contribution in [2.75, 3.05) is 13.7 Å². The van der Waals surface area contributed by atoms with Gasteiger partial charge in [-0.1, -0.05) is 18.2 Å². The quantitative estimate of drug-likeness (QED) is 0.605. The number of methoxy groups -OCH3 is 1. The molecule has 0 bridgehead atoms. The van der Waals surface area contributed by atoms with Crippen LogP contribution in [0.15, 0.2) is 54.7 Å². The molecule has 1 aromatic heterocycles. The third-order valence-corrected chi connectivity index (χ3v) is 3.69. The van der Waals surface area contributed by atoms with Gasteiger partial charge in [0.25, 0.3) is 0 Å². The van der Waals surface area contributed by atoms with Crippen LogP contribution in [0.25, 0.3) is 21.7 Å². The minimum Gasteiger partial charge on any atom is -0.497 e. The summed E-state index contributed by atoms with van der Waals surface area (Å²) in [4.78, 5) is 19.1. The second-order valence-corrected chi connectivity index (χ2v) is 5.40. The van der Waals surface area contributed by atoms with Crippen LogP contribution in [0, 0.1) is 0 Å². The van der Waals surface area contributed by atoms with Crippen LogP contribution in [0.5, 0.6) is 5.75 Å². The molecular formula is C19H20N2O5. The number of benzene rings is 2. The number of aromatic nitrogens is 1. The van der Waals surface area contributed by atoms with Gasteiger partial charge in [-0.25, -0.2) is 9.59 Å². The Hall–Kier alpha value is -3.32. The first kappa shape index (κ1) is 19.0. The summed E-state index contributed by atoms with van der Waals surface area (Å²) >= 11 is 0. The van der Waals surface area contributed by atoms with E-state index < -0.39 is 11.9 Å². The fraction of sp³-hybridized carbons (Fsp3) is 0.158. The van der Waals surface area contributed by atoms with E-state index in [0.29, 0.717) is 18.7 Å². The highest BCUT2D eigenvalue weighted by molar-refractivity contribution is 6.06. The molecule has 4 N–H and O–H groups in total. The first-order valence-electron chi connectivity index (χ1n) is 7.86. The van der Waals surface area contributed by atoms with E-state index in [-0.39, 0.29) is 0 Å². The van der Waals surface area contributed by atoms with Crippen molar-refractivity contribution in [3.05, 3.63) is 54.7 Å². The topological polar surface area (TPSA) is 115 Å². The van der Waals surface area contributed by atoms with Crippen LogP contribution in [-0.2, 0) is 16.1 Å². The van der Waals surface area contributed by atoms with Crippen molar-refractivity contribution < 1.29 is 24.5 Å². The Labute approximate surface area is 149 Å². The lowest BCUT2D eigenvalue weighted by Crippen LogP contribution is -2.08. The summed E-state index contributed by atoms with van der Waals surface area (Å²) in [6.07, 6.45) is 3.21. The molecule has 0 aliphatic carbocycles. The number of carbonyl (C=O) groups is 2. The van der Waals surface area contributed by atoms with E-state index in [4.69, 9.17) is 20.7 Å². The zero-order valence-electron chi connectivity index (χ0n) is 14.3. The molecule has 2 aromatic carbocycles. The molecule has 3 rings (SSSR count). The Morgan fingerprint density at radius 1 is 1.08 bits per heavy atom. The van der Waals surface area contributed by atoms with Crippen molar-refractivity contribution in [2.45, 2.75) is 6.54 Å². The van der Waals surface area contributed by atoms with Gasteiger partial charge in [0.2, 0.25) is 0 Å². The third-order valence-electron chi connectivity index (χ3n) is 3.69. The van der Waals surface area contributed by atoms with Gasteiger partial charge in [0.05, 0.1) is 12.6 Å². The van der Waals surface area contributed by atoms with Crippen molar-refractivity contribution in [1.82, 2.24) is 4.57 Å². The van der Waals surface area contributed by atoms with Gasteiger partial charge in [0, 0.05) is 42.2 Å². The fourth-order valence-electron chi connectivity index (χ4n) is 2.59. The van der Waals surface area contributed by atoms with Gasteiger partial charge in [-0.2, -0.15) is 0 Å². The molecule has 0 aliphatic rings. The van der Waals surface area contributed by atoms with Crippen molar-refractivity contribution >= 4 is 33.6 Å². The number of rotatable bonds is 5. The summed E-state index contributed by atoms with van der Waals surface area (Å²) in [6.45, 7) is 1.48. The van der Waals surface area contributed by atoms with E-state index in [1.807, 2.05) is 6.07 Å². The molecule has 0 unspecified atom stereocenters. The zero-order valence-corrected chi connectivity index (χ0v) is 14.3. The molecule has 0 saturated carbocycles. The van der Waals surface area contributed by atoms with Crippen LogP contribution in [0.4, 0.5) is 0 Å². The Bertz CT molecular complexity index is 943. The monoisotopic (exact) mass is 356 g/mol. The van der Waals surface area contributed by atoms with Crippen molar-refractivity contribution in [3.8, 4) is 5.75 Å². The molecule has 7 heteroatoms. The summed E-state index contributed by atoms with van der Waals surface area (Å²) in [5, 5.41) is 19.3. The van der Waals surface area contributed by atoms with Crippen LogP contribution in [-0.4, -0.2) is 40.4 Å². The summed E-state index contributed by atoms with van der Waals surface area (Å²) < 4.78 is 7.52. The number of carboxylic acid groups (broad SMARTS) is 2. The normalized spacial score (nSPS) is 10.7. The first-order chi connectivity index (χ1) is 12.5. The van der Waals surface area contributed by atoms with Crippen LogP contribution in [0.3, 0.4) is 0 Å². The number of fused-ring (bicyclic) bond motifs is 3. The Balaban J connectivity index is 0.000000260. The van der Waals surface area contributed by atoms with Gasteiger partial charge in [0.15, 0.2) is 0 Å². The number of ether oxygens (including phenoxy) is 1. The number of nitrogens with zero attached hydrogens (tertiary/aromatic N) is 1. The van der Waals surface area contributed by atoms with E-state index in [1.54, 1.807) is 7.11 Å². The maximum absolute atomic E-state index is 9.55. The summed E-state index contributed by atoms with van der Waals surface area (Å²) in [5.41, 5.74) is 6.90. The SMILES string of the molecule is COc1ccc2ccc3ccn(CCN)c3c2c1.O=C(O)C=CC(=O)O. The molecule has 7 nitrogen and oxygen atoms in total. The molecule has 0 spiro atoms. The number of hydrogen-bond acceptors (Lipinski definition) is 4. The summed E-state index contributed by atoms with van der Waals surface area (Å²) in [6, 6.07) is 12.6. The number of carboxylic acids is 2. The fourth-order valence-corrected chi connectivity index (χ4v) is 2.59. The molecule has 0 atom stereocenters. The van der Waals surface area contributed by atoms with E-state index >= 15 is 0 Å². The minimum absolute atomic E-state index is 0.558. The lowest BCUT2D eigenvalue weighted by atomic mass is 10.1. The highest BCUT2D eigenvalue weighted by Gasteiger charge is 2.06. The van der Waals surface area contributed by atoms with Crippen molar-refractivity contribution in [1.29, 1.82) is 0 Å². The molecule has 0 fully saturated rings. The maximum Gasteiger partial charge on any atom is 0.328 e. The highest BCUT2D eigenvalue weighted by Crippen LogP contribution is 2.29. The average Bonchev–Trinajstić information content (AvgIpc) is 3.04. The lowest BCUT2D eigenvalue weighted by Gasteiger charge is -2.08. The highest BCUT2D eigenvalue weighted by atomic mass is 16.5. The van der Waals surface area contributed by atoms with Gasteiger partial charge in [-0.15, -0.1) is 0 Å². The van der Waals surface area contributed by atoms with E-state index in [0.717, 1.165) is 12.3 Å². The van der Waals surface area contributed by atoms with E-state index in [9.17, 15) is 9.59 Å². The van der Waals surface area contributed by atoms with Crippen molar-refractivity contribution in [2.24, 2.45) is 5.73 Å². The minimum atomic E-state index is -1.26. The molecule has 1 heterocycles. The molecule has 136 valence electrons. The third kappa shape index (κ3) is 4.61. The van der Waals surface area contributed by atoms with Gasteiger partial charge in [-0.3, -0.25) is 0 Å². The molecule has 0 saturated heterocycles. The Kier molecular flexibility index (Phi) is 6.35. The molecular weight excluding hydrogens is 336 g/mol. The predicted octanol–water partition coefficient (Wildman–Crippen LogP) is 2.47. The second-order valence-electron chi connectivity index (χ2n) is 5.40. The number of aliphatic carboxylic acids is 2. The van der Waals surface area contributed by atoms with Crippen LogP contribution in [0.1, 0.15) is 0 Å². The summed E-state index contributed by atoms with van der Waals surface area (Å²) in [7, 11) is 1.69. The number of nitrogens with two attached hydrogens (primary N) is 1. The number of hydrogen-bond donors (Lipinski definition) is 3. The smallest absolute Gasteiger partial charge is 0.328 e. The van der Waals surface area contributed by atoms with E-state index in [2.05, 4.69) is 41.1 Å². The van der Waals surface area contributed by atoms with Crippen LogP contribution < -0.4 is 10.5 Å². The lowest BCUT2D eigenvalue weighted by molar-refractivity contribution is -0.134. The maximum atomic E-state index is 9.55. The molecule has 0 amide bonds.